The fourth-order valence-corrected chi connectivity index (χ4v) is 1.85. The highest BCUT2D eigenvalue weighted by Crippen LogP contribution is 2.22. The van der Waals surface area contributed by atoms with Gasteiger partial charge in [-0.15, -0.1) is 0 Å². The molecule has 4 nitrogen and oxygen atoms in total. The van der Waals surface area contributed by atoms with Gasteiger partial charge in [0.25, 0.3) is 5.91 Å². The van der Waals surface area contributed by atoms with E-state index in [2.05, 4.69) is 12.2 Å². The van der Waals surface area contributed by atoms with Gasteiger partial charge in [0.15, 0.2) is 5.76 Å². The summed E-state index contributed by atoms with van der Waals surface area (Å²) < 4.78 is 5.54. The Hall–Kier alpha value is -2.07. The quantitative estimate of drug-likeness (QED) is 0.880. The highest BCUT2D eigenvalue weighted by atomic mass is 16.4. The molecule has 0 bridgehead atoms. The fourth-order valence-electron chi connectivity index (χ4n) is 1.85. The van der Waals surface area contributed by atoms with Crippen molar-refractivity contribution < 1.29 is 14.3 Å². The van der Waals surface area contributed by atoms with Crippen molar-refractivity contribution in [1.82, 2.24) is 5.32 Å². The molecule has 0 saturated carbocycles. The summed E-state index contributed by atoms with van der Waals surface area (Å²) in [6.45, 7) is 3.93. The Morgan fingerprint density at radius 3 is 2.55 bits per heavy atom. The highest BCUT2D eigenvalue weighted by Gasteiger charge is 2.12. The molecular formula is C16H19NO3. The minimum absolute atomic E-state index is 0.208. The molecule has 1 unspecified atom stereocenters. The molecule has 2 rings (SSSR count). The van der Waals surface area contributed by atoms with Gasteiger partial charge in [0.05, 0.1) is 6.10 Å². The van der Waals surface area contributed by atoms with Gasteiger partial charge in [0.1, 0.15) is 5.76 Å². The van der Waals surface area contributed by atoms with E-state index in [-0.39, 0.29) is 18.2 Å². The lowest BCUT2D eigenvalue weighted by atomic mass is 10.1. The average Bonchev–Trinajstić information content (AvgIpc) is 2.94. The van der Waals surface area contributed by atoms with E-state index in [4.69, 9.17) is 9.52 Å². The third kappa shape index (κ3) is 3.48. The van der Waals surface area contributed by atoms with Crippen molar-refractivity contribution in [3.8, 4) is 11.3 Å². The first-order chi connectivity index (χ1) is 9.60. The van der Waals surface area contributed by atoms with Crippen LogP contribution in [0.15, 0.2) is 40.8 Å². The summed E-state index contributed by atoms with van der Waals surface area (Å²) in [5.41, 5.74) is 2.20. The number of aliphatic hydroxyl groups excluding tert-OH is 1. The lowest BCUT2D eigenvalue weighted by Crippen LogP contribution is -2.30. The maximum Gasteiger partial charge on any atom is 0.287 e. The number of rotatable bonds is 5. The van der Waals surface area contributed by atoms with E-state index >= 15 is 0 Å². The molecule has 1 aromatic heterocycles. The predicted molar refractivity (Wildman–Crippen MR) is 77.5 cm³/mol. The van der Waals surface area contributed by atoms with E-state index in [9.17, 15) is 4.79 Å². The van der Waals surface area contributed by atoms with E-state index in [0.29, 0.717) is 5.76 Å². The van der Waals surface area contributed by atoms with Gasteiger partial charge in [-0.25, -0.2) is 0 Å². The number of nitrogens with one attached hydrogen (secondary N) is 1. The Morgan fingerprint density at radius 1 is 1.25 bits per heavy atom. The van der Waals surface area contributed by atoms with Crippen LogP contribution in [-0.2, 0) is 6.42 Å². The summed E-state index contributed by atoms with van der Waals surface area (Å²) in [5, 5.41) is 11.7. The van der Waals surface area contributed by atoms with Crippen LogP contribution in [0, 0.1) is 0 Å². The molecule has 20 heavy (non-hydrogen) atoms. The van der Waals surface area contributed by atoms with E-state index in [1.807, 2.05) is 24.3 Å². The van der Waals surface area contributed by atoms with Crippen LogP contribution in [0.3, 0.4) is 0 Å². The van der Waals surface area contributed by atoms with Crippen molar-refractivity contribution in [3.05, 3.63) is 47.7 Å². The molecule has 0 spiro atoms. The summed E-state index contributed by atoms with van der Waals surface area (Å²) in [4.78, 5) is 11.8. The molecule has 0 radical (unpaired) electrons. The van der Waals surface area contributed by atoms with E-state index in [0.717, 1.165) is 12.0 Å². The Balaban J connectivity index is 2.09. The lowest BCUT2D eigenvalue weighted by Gasteiger charge is -2.04. The van der Waals surface area contributed by atoms with Gasteiger partial charge in [-0.05, 0) is 31.0 Å². The first kappa shape index (κ1) is 14.3. The lowest BCUT2D eigenvalue weighted by molar-refractivity contribution is 0.0897. The van der Waals surface area contributed by atoms with Crippen molar-refractivity contribution in [2.24, 2.45) is 0 Å². The first-order valence-corrected chi connectivity index (χ1v) is 6.75. The van der Waals surface area contributed by atoms with Gasteiger partial charge in [0.2, 0.25) is 0 Å². The number of hydrogen-bond acceptors (Lipinski definition) is 3. The molecule has 0 saturated heterocycles. The van der Waals surface area contributed by atoms with Gasteiger partial charge >= 0.3 is 0 Å². The molecule has 0 fully saturated rings. The highest BCUT2D eigenvalue weighted by molar-refractivity contribution is 5.92. The van der Waals surface area contributed by atoms with E-state index < -0.39 is 6.10 Å². The molecule has 1 heterocycles. The minimum atomic E-state index is -0.574. The number of carbonyl (C=O) groups is 1. The number of benzene rings is 1. The van der Waals surface area contributed by atoms with Crippen LogP contribution in [0.2, 0.25) is 0 Å². The average molecular weight is 273 g/mol. The Morgan fingerprint density at radius 2 is 1.95 bits per heavy atom. The second-order valence-electron chi connectivity index (χ2n) is 4.77. The Bertz CT molecular complexity index is 570. The summed E-state index contributed by atoms with van der Waals surface area (Å²) in [6.07, 6.45) is 0.417. The number of amides is 1. The van der Waals surface area contributed by atoms with Gasteiger partial charge in [-0.1, -0.05) is 31.2 Å². The molecule has 1 atom stereocenters. The van der Waals surface area contributed by atoms with Crippen molar-refractivity contribution in [1.29, 1.82) is 0 Å². The van der Waals surface area contributed by atoms with Crippen LogP contribution in [0.25, 0.3) is 11.3 Å². The predicted octanol–water partition coefficient (Wildman–Crippen LogP) is 2.62. The zero-order valence-electron chi connectivity index (χ0n) is 11.7. The minimum Gasteiger partial charge on any atom is -0.451 e. The molecule has 106 valence electrons. The Labute approximate surface area is 118 Å². The number of furan rings is 1. The maximum atomic E-state index is 11.8. The molecular weight excluding hydrogens is 254 g/mol. The van der Waals surface area contributed by atoms with E-state index in [1.165, 1.54) is 5.56 Å². The molecule has 1 amide bonds. The monoisotopic (exact) mass is 273 g/mol. The fraction of sp³-hybridized carbons (Fsp3) is 0.312. The van der Waals surface area contributed by atoms with Crippen LogP contribution < -0.4 is 5.32 Å². The Kier molecular flexibility index (Phi) is 4.58. The number of carbonyl (C=O) groups excluding carboxylic acids is 1. The molecule has 0 aliphatic rings. The van der Waals surface area contributed by atoms with Gasteiger partial charge in [-0.2, -0.15) is 0 Å². The molecule has 4 heteroatoms. The number of hydrogen-bond donors (Lipinski definition) is 2. The summed E-state index contributed by atoms with van der Waals surface area (Å²) >= 11 is 0. The van der Waals surface area contributed by atoms with Crippen LogP contribution >= 0.6 is 0 Å². The third-order valence-electron chi connectivity index (χ3n) is 3.03. The zero-order chi connectivity index (χ0) is 14.5. The zero-order valence-corrected chi connectivity index (χ0v) is 11.7. The van der Waals surface area contributed by atoms with Crippen LogP contribution in [-0.4, -0.2) is 23.7 Å². The van der Waals surface area contributed by atoms with E-state index in [1.54, 1.807) is 19.1 Å². The molecule has 0 aliphatic heterocycles. The van der Waals surface area contributed by atoms with Crippen LogP contribution in [0.1, 0.15) is 30.0 Å². The number of aryl methyl sites for hydroxylation is 1. The molecule has 1 aromatic carbocycles. The topological polar surface area (TPSA) is 62.5 Å². The molecule has 2 N–H and O–H groups in total. The van der Waals surface area contributed by atoms with Crippen LogP contribution in [0.4, 0.5) is 0 Å². The van der Waals surface area contributed by atoms with Gasteiger partial charge in [-0.3, -0.25) is 4.79 Å². The SMILES string of the molecule is CCc1ccc(-c2ccc(C(=O)NCC(C)O)o2)cc1. The second kappa shape index (κ2) is 6.39. The summed E-state index contributed by atoms with van der Waals surface area (Å²) in [6, 6.07) is 11.5. The molecule has 0 aliphatic carbocycles. The number of aliphatic hydroxyl groups is 1. The second-order valence-corrected chi connectivity index (χ2v) is 4.77. The van der Waals surface area contributed by atoms with Crippen molar-refractivity contribution in [3.63, 3.8) is 0 Å². The largest absolute Gasteiger partial charge is 0.451 e. The third-order valence-corrected chi connectivity index (χ3v) is 3.03. The van der Waals surface area contributed by atoms with Crippen molar-refractivity contribution in [2.75, 3.05) is 6.54 Å². The van der Waals surface area contributed by atoms with Crippen LogP contribution in [0.5, 0.6) is 0 Å². The summed E-state index contributed by atoms with van der Waals surface area (Å²) in [5.74, 6) is 0.595. The molecule has 2 aromatic rings. The maximum absolute atomic E-state index is 11.8. The smallest absolute Gasteiger partial charge is 0.287 e. The van der Waals surface area contributed by atoms with Gasteiger partial charge < -0.3 is 14.8 Å². The summed E-state index contributed by atoms with van der Waals surface area (Å²) in [7, 11) is 0. The standard InChI is InChI=1S/C16H19NO3/c1-3-12-4-6-13(7-5-12)14-8-9-15(20-14)16(19)17-10-11(2)18/h4-9,11,18H,3,10H2,1-2H3,(H,17,19). The normalized spacial score (nSPS) is 12.2. The van der Waals surface area contributed by atoms with Gasteiger partial charge in [0, 0.05) is 12.1 Å². The first-order valence-electron chi connectivity index (χ1n) is 6.75. The van der Waals surface area contributed by atoms with Crippen molar-refractivity contribution >= 4 is 5.91 Å². The van der Waals surface area contributed by atoms with Crippen molar-refractivity contribution in [2.45, 2.75) is 26.4 Å².